The molecule has 1 saturated heterocycles. The molecule has 0 aromatic heterocycles. The highest BCUT2D eigenvalue weighted by molar-refractivity contribution is 8.13. The highest BCUT2D eigenvalue weighted by Gasteiger charge is 2.18. The normalized spacial score (nSPS) is 26.4. The number of thioether (sulfide) groups is 1. The van der Waals surface area contributed by atoms with E-state index < -0.39 is 5.30 Å². The Hall–Kier alpha value is -0.220. The van der Waals surface area contributed by atoms with Crippen molar-refractivity contribution in [2.45, 2.75) is 18.3 Å². The van der Waals surface area contributed by atoms with Crippen molar-refractivity contribution >= 4 is 17.1 Å². The average molecular weight is 148 g/mol. The Labute approximate surface area is 57.4 Å². The highest BCUT2D eigenvalue weighted by atomic mass is 32.2. The molecule has 1 N–H and O–H groups in total. The summed E-state index contributed by atoms with van der Waals surface area (Å²) >= 11 is 0.856. The van der Waals surface area contributed by atoms with Gasteiger partial charge in [-0.25, -0.2) is 4.79 Å². The third kappa shape index (κ3) is 2.24. The smallest absolute Gasteiger partial charge is 0.367 e. The van der Waals surface area contributed by atoms with Gasteiger partial charge < -0.3 is 9.84 Å². The summed E-state index contributed by atoms with van der Waals surface area (Å²) in [6.07, 6.45) is 1.86. The molecular weight excluding hydrogens is 140 g/mol. The van der Waals surface area contributed by atoms with E-state index in [4.69, 9.17) is 9.84 Å². The second-order valence-corrected chi connectivity index (χ2v) is 2.94. The van der Waals surface area contributed by atoms with E-state index >= 15 is 0 Å². The molecule has 0 radical (unpaired) electrons. The minimum absolute atomic E-state index is 0.0949. The first-order valence-corrected chi connectivity index (χ1v) is 3.68. The summed E-state index contributed by atoms with van der Waals surface area (Å²) in [5, 5.41) is 7.41. The summed E-state index contributed by atoms with van der Waals surface area (Å²) < 4.78 is 5.05. The Morgan fingerprint density at radius 1 is 1.78 bits per heavy atom. The second-order valence-electron chi connectivity index (χ2n) is 1.83. The van der Waals surface area contributed by atoms with Crippen LogP contribution >= 0.6 is 11.8 Å². The fourth-order valence-corrected chi connectivity index (χ4v) is 1.43. The van der Waals surface area contributed by atoms with Gasteiger partial charge in [-0.05, 0) is 24.6 Å². The Morgan fingerprint density at radius 2 is 2.56 bits per heavy atom. The van der Waals surface area contributed by atoms with E-state index in [2.05, 4.69) is 0 Å². The van der Waals surface area contributed by atoms with Gasteiger partial charge in [0.25, 0.3) is 0 Å². The molecule has 9 heavy (non-hydrogen) atoms. The summed E-state index contributed by atoms with van der Waals surface area (Å²) in [6.45, 7) is 0.713. The molecule has 0 aromatic rings. The summed E-state index contributed by atoms with van der Waals surface area (Å²) in [4.78, 5) is 10.0. The summed E-state index contributed by atoms with van der Waals surface area (Å²) in [6, 6.07) is 0. The molecular formula is C5H8O3S. The molecule has 1 aliphatic heterocycles. The number of hydrogen-bond acceptors (Lipinski definition) is 3. The lowest BCUT2D eigenvalue weighted by Gasteiger charge is -2.01. The van der Waals surface area contributed by atoms with Crippen LogP contribution in [0.1, 0.15) is 12.8 Å². The fraction of sp³-hybridized carbons (Fsp3) is 0.800. The standard InChI is InChI=1S/C5H8O3S/c6-5(7)9-4-2-1-3-8-4/h4H,1-3H2,(H,6,7)/t4-/m1/s1. The SMILES string of the molecule is O=C(O)S[C@@H]1CCCO1. The van der Waals surface area contributed by atoms with Gasteiger partial charge in [-0.3, -0.25) is 0 Å². The molecule has 0 aromatic carbocycles. The zero-order valence-electron chi connectivity index (χ0n) is 4.87. The minimum atomic E-state index is -0.845. The topological polar surface area (TPSA) is 46.5 Å². The second kappa shape index (κ2) is 3.08. The molecule has 52 valence electrons. The molecule has 4 heteroatoms. The van der Waals surface area contributed by atoms with Crippen LogP contribution in [0.2, 0.25) is 0 Å². The van der Waals surface area contributed by atoms with E-state index in [1.807, 2.05) is 0 Å². The van der Waals surface area contributed by atoms with Crippen molar-refractivity contribution in [3.8, 4) is 0 Å². The number of carboxylic acid groups (broad SMARTS) is 1. The van der Waals surface area contributed by atoms with Gasteiger partial charge >= 0.3 is 5.30 Å². The van der Waals surface area contributed by atoms with Crippen molar-refractivity contribution in [2.24, 2.45) is 0 Å². The Kier molecular flexibility index (Phi) is 2.36. The van der Waals surface area contributed by atoms with E-state index in [9.17, 15) is 4.79 Å². The molecule has 1 fully saturated rings. The number of carbonyl (C=O) groups is 1. The van der Waals surface area contributed by atoms with Gasteiger partial charge in [-0.15, -0.1) is 0 Å². The van der Waals surface area contributed by atoms with Crippen LogP contribution in [0.25, 0.3) is 0 Å². The maximum atomic E-state index is 10.0. The molecule has 1 aliphatic rings. The first-order chi connectivity index (χ1) is 4.29. The Balaban J connectivity index is 2.19. The molecule has 0 unspecified atom stereocenters. The predicted molar refractivity (Wildman–Crippen MR) is 34.6 cm³/mol. The van der Waals surface area contributed by atoms with Crippen molar-refractivity contribution in [3.63, 3.8) is 0 Å². The first kappa shape index (κ1) is 6.89. The third-order valence-electron chi connectivity index (χ3n) is 1.12. The van der Waals surface area contributed by atoms with E-state index in [1.54, 1.807) is 0 Å². The number of hydrogen-bond donors (Lipinski definition) is 1. The largest absolute Gasteiger partial charge is 0.473 e. The number of rotatable bonds is 1. The van der Waals surface area contributed by atoms with E-state index in [1.165, 1.54) is 0 Å². The fourth-order valence-electron chi connectivity index (χ4n) is 0.754. The van der Waals surface area contributed by atoms with Gasteiger partial charge in [0.1, 0.15) is 5.44 Å². The predicted octanol–water partition coefficient (Wildman–Crippen LogP) is 1.53. The maximum Gasteiger partial charge on any atom is 0.367 e. The highest BCUT2D eigenvalue weighted by Crippen LogP contribution is 2.23. The lowest BCUT2D eigenvalue weighted by Crippen LogP contribution is -2.01. The minimum Gasteiger partial charge on any atom is -0.473 e. The van der Waals surface area contributed by atoms with Gasteiger partial charge in [0, 0.05) is 6.61 Å². The van der Waals surface area contributed by atoms with Crippen LogP contribution in [-0.2, 0) is 4.74 Å². The van der Waals surface area contributed by atoms with Crippen LogP contribution in [0.3, 0.4) is 0 Å². The zero-order chi connectivity index (χ0) is 6.69. The van der Waals surface area contributed by atoms with Crippen LogP contribution in [0, 0.1) is 0 Å². The molecule has 0 bridgehead atoms. The van der Waals surface area contributed by atoms with Crippen LogP contribution in [0.5, 0.6) is 0 Å². The summed E-state index contributed by atoms with van der Waals surface area (Å²) in [5.74, 6) is 0. The van der Waals surface area contributed by atoms with E-state index in [0.717, 1.165) is 24.6 Å². The van der Waals surface area contributed by atoms with Crippen molar-refractivity contribution in [2.75, 3.05) is 6.61 Å². The van der Waals surface area contributed by atoms with Crippen molar-refractivity contribution in [3.05, 3.63) is 0 Å². The Morgan fingerprint density at radius 3 is 3.00 bits per heavy atom. The van der Waals surface area contributed by atoms with Crippen LogP contribution in [0.4, 0.5) is 4.79 Å². The molecule has 1 heterocycles. The summed E-state index contributed by atoms with van der Waals surface area (Å²) in [7, 11) is 0. The van der Waals surface area contributed by atoms with Crippen molar-refractivity contribution < 1.29 is 14.6 Å². The molecule has 0 saturated carbocycles. The monoisotopic (exact) mass is 148 g/mol. The molecule has 1 rings (SSSR count). The van der Waals surface area contributed by atoms with Gasteiger partial charge in [-0.2, -0.15) is 0 Å². The maximum absolute atomic E-state index is 10.0. The Bertz CT molecular complexity index is 109. The third-order valence-corrected chi connectivity index (χ3v) is 1.96. The van der Waals surface area contributed by atoms with Crippen molar-refractivity contribution in [1.29, 1.82) is 0 Å². The van der Waals surface area contributed by atoms with Crippen LogP contribution < -0.4 is 0 Å². The zero-order valence-corrected chi connectivity index (χ0v) is 5.69. The molecule has 0 amide bonds. The van der Waals surface area contributed by atoms with E-state index in [-0.39, 0.29) is 5.44 Å². The number of ether oxygens (including phenoxy) is 1. The van der Waals surface area contributed by atoms with Crippen molar-refractivity contribution in [1.82, 2.24) is 0 Å². The lowest BCUT2D eigenvalue weighted by molar-refractivity contribution is 0.172. The lowest BCUT2D eigenvalue weighted by atomic mass is 10.4. The summed E-state index contributed by atoms with van der Waals surface area (Å²) in [5.41, 5.74) is -0.0949. The van der Waals surface area contributed by atoms with Gasteiger partial charge in [0.15, 0.2) is 0 Å². The molecule has 0 aliphatic carbocycles. The van der Waals surface area contributed by atoms with Crippen LogP contribution in [-0.4, -0.2) is 22.5 Å². The molecule has 3 nitrogen and oxygen atoms in total. The van der Waals surface area contributed by atoms with Gasteiger partial charge in [0.2, 0.25) is 0 Å². The van der Waals surface area contributed by atoms with E-state index in [0.29, 0.717) is 6.61 Å². The molecule has 1 atom stereocenters. The van der Waals surface area contributed by atoms with Crippen LogP contribution in [0.15, 0.2) is 0 Å². The van der Waals surface area contributed by atoms with Gasteiger partial charge in [-0.1, -0.05) is 0 Å². The van der Waals surface area contributed by atoms with Gasteiger partial charge in [0.05, 0.1) is 0 Å². The quantitative estimate of drug-likeness (QED) is 0.612. The molecule has 0 spiro atoms. The first-order valence-electron chi connectivity index (χ1n) is 2.80. The average Bonchev–Trinajstić information content (AvgIpc) is 2.15.